The second-order valence-corrected chi connectivity index (χ2v) is 9.09. The van der Waals surface area contributed by atoms with Gasteiger partial charge in [-0.25, -0.2) is 0 Å². The summed E-state index contributed by atoms with van der Waals surface area (Å²) >= 11 is 0. The molecule has 0 aliphatic carbocycles. The Balaban J connectivity index is 1.48. The van der Waals surface area contributed by atoms with Gasteiger partial charge in [0.15, 0.2) is 23.0 Å². The van der Waals surface area contributed by atoms with Crippen molar-refractivity contribution in [1.82, 2.24) is 15.4 Å². The van der Waals surface area contributed by atoms with E-state index in [4.69, 9.17) is 23.5 Å². The molecule has 41 heavy (non-hydrogen) atoms. The Kier molecular flexibility index (Phi) is 9.82. The maximum atomic E-state index is 13.8. The van der Waals surface area contributed by atoms with Crippen LogP contribution in [0, 0.1) is 0 Å². The minimum absolute atomic E-state index is 0.0799. The summed E-state index contributed by atoms with van der Waals surface area (Å²) in [5, 5.41) is 6.79. The van der Waals surface area contributed by atoms with Crippen LogP contribution in [0.4, 0.5) is 0 Å². The molecule has 4 aromatic rings. The summed E-state index contributed by atoms with van der Waals surface area (Å²) in [5.41, 5.74) is 2.46. The van der Waals surface area contributed by atoms with Crippen molar-refractivity contribution in [2.75, 3.05) is 35.0 Å². The lowest BCUT2D eigenvalue weighted by Crippen LogP contribution is -2.30. The second-order valence-electron chi connectivity index (χ2n) is 9.09. The lowest BCUT2D eigenvalue weighted by atomic mass is 10.1. The Hall–Kier alpha value is -4.99. The van der Waals surface area contributed by atoms with Crippen LogP contribution >= 0.6 is 0 Å². The molecule has 0 fully saturated rings. The summed E-state index contributed by atoms with van der Waals surface area (Å²) in [5.74, 6) is 1.60. The Morgan fingerprint density at radius 1 is 0.805 bits per heavy atom. The van der Waals surface area contributed by atoms with Gasteiger partial charge in [-0.15, -0.1) is 0 Å². The zero-order chi connectivity index (χ0) is 29.2. The number of carbonyl (C=O) groups is 2. The van der Waals surface area contributed by atoms with Gasteiger partial charge in [-0.05, 0) is 41.8 Å². The van der Waals surface area contributed by atoms with E-state index >= 15 is 0 Å². The van der Waals surface area contributed by atoms with Crippen molar-refractivity contribution in [3.8, 4) is 23.0 Å². The van der Waals surface area contributed by atoms with Gasteiger partial charge in [-0.3, -0.25) is 9.59 Å². The van der Waals surface area contributed by atoms with E-state index < -0.39 is 0 Å². The van der Waals surface area contributed by atoms with Crippen molar-refractivity contribution in [2.24, 2.45) is 0 Å². The minimum atomic E-state index is -0.362. The number of hydrogen-bond acceptors (Lipinski definition) is 8. The molecule has 0 spiro atoms. The molecular formula is C31H33N3O7. The molecule has 1 N–H and O–H groups in total. The smallest absolute Gasteiger partial charge is 0.273 e. The van der Waals surface area contributed by atoms with Gasteiger partial charge in [-0.2, -0.15) is 0 Å². The van der Waals surface area contributed by atoms with E-state index in [0.29, 0.717) is 48.1 Å². The molecule has 0 unspecified atom stereocenters. The zero-order valence-corrected chi connectivity index (χ0v) is 23.5. The van der Waals surface area contributed by atoms with Gasteiger partial charge in [0.1, 0.15) is 5.75 Å². The number of carbonyl (C=O) groups excluding carboxylic acids is 2. The van der Waals surface area contributed by atoms with E-state index in [-0.39, 0.29) is 24.1 Å². The quantitative estimate of drug-likeness (QED) is 0.254. The van der Waals surface area contributed by atoms with E-state index in [1.165, 1.54) is 21.3 Å². The van der Waals surface area contributed by atoms with E-state index in [2.05, 4.69) is 10.5 Å². The number of benzene rings is 3. The first-order chi connectivity index (χ1) is 19.9. The molecule has 214 valence electrons. The van der Waals surface area contributed by atoms with Gasteiger partial charge in [0, 0.05) is 24.7 Å². The highest BCUT2D eigenvalue weighted by Crippen LogP contribution is 2.38. The van der Waals surface area contributed by atoms with Crippen molar-refractivity contribution in [2.45, 2.75) is 19.5 Å². The molecular weight excluding hydrogens is 526 g/mol. The summed E-state index contributed by atoms with van der Waals surface area (Å²) < 4.78 is 26.9. The van der Waals surface area contributed by atoms with Crippen molar-refractivity contribution in [3.63, 3.8) is 0 Å². The fourth-order valence-corrected chi connectivity index (χ4v) is 4.28. The van der Waals surface area contributed by atoms with Gasteiger partial charge in [0.25, 0.3) is 11.8 Å². The van der Waals surface area contributed by atoms with Crippen LogP contribution in [0.15, 0.2) is 77.3 Å². The van der Waals surface area contributed by atoms with Crippen molar-refractivity contribution < 1.29 is 33.1 Å². The molecule has 1 aromatic heterocycles. The SMILES string of the molecule is COc1ccc(CCNC(=O)c2cc(CN(Cc3ccccc3)C(=O)c3cc(OC)c(OC)c(OC)c3)on2)cc1. The molecule has 1 heterocycles. The predicted molar refractivity (Wildman–Crippen MR) is 152 cm³/mol. The number of hydrogen-bond donors (Lipinski definition) is 1. The maximum Gasteiger partial charge on any atom is 0.273 e. The van der Waals surface area contributed by atoms with Crippen LogP contribution in [0.2, 0.25) is 0 Å². The second kappa shape index (κ2) is 13.9. The molecule has 0 aliphatic rings. The molecule has 10 nitrogen and oxygen atoms in total. The third kappa shape index (κ3) is 7.36. The van der Waals surface area contributed by atoms with Crippen molar-refractivity contribution in [1.29, 1.82) is 0 Å². The first kappa shape index (κ1) is 29.0. The van der Waals surface area contributed by atoms with Gasteiger partial charge in [0.05, 0.1) is 35.0 Å². The molecule has 0 bridgehead atoms. The van der Waals surface area contributed by atoms with Crippen LogP contribution < -0.4 is 24.3 Å². The van der Waals surface area contributed by atoms with Gasteiger partial charge in [-0.1, -0.05) is 47.6 Å². The Labute approximate surface area is 238 Å². The number of aromatic nitrogens is 1. The molecule has 4 rings (SSSR count). The minimum Gasteiger partial charge on any atom is -0.497 e. The lowest BCUT2D eigenvalue weighted by Gasteiger charge is -2.23. The Bertz CT molecular complexity index is 1430. The molecule has 2 amide bonds. The number of nitrogens with one attached hydrogen (secondary N) is 1. The van der Waals surface area contributed by atoms with Gasteiger partial charge in [0.2, 0.25) is 5.75 Å². The summed E-state index contributed by atoms with van der Waals surface area (Å²) in [6, 6.07) is 22.0. The number of methoxy groups -OCH3 is 4. The third-order valence-corrected chi connectivity index (χ3v) is 6.41. The first-order valence-electron chi connectivity index (χ1n) is 13.0. The van der Waals surface area contributed by atoms with E-state index in [1.807, 2.05) is 54.6 Å². The van der Waals surface area contributed by atoms with Gasteiger partial charge >= 0.3 is 0 Å². The molecule has 0 aliphatic heterocycles. The maximum absolute atomic E-state index is 13.8. The molecule has 0 saturated carbocycles. The van der Waals surface area contributed by atoms with Crippen LogP contribution in [0.1, 0.15) is 37.7 Å². The van der Waals surface area contributed by atoms with Crippen LogP contribution in [-0.4, -0.2) is 56.9 Å². The largest absolute Gasteiger partial charge is 0.497 e. The lowest BCUT2D eigenvalue weighted by molar-refractivity contribution is 0.0712. The number of rotatable bonds is 13. The zero-order valence-electron chi connectivity index (χ0n) is 23.5. The molecule has 3 aromatic carbocycles. The number of amides is 2. The van der Waals surface area contributed by atoms with Gasteiger partial charge < -0.3 is 33.7 Å². The summed E-state index contributed by atoms with van der Waals surface area (Å²) in [7, 11) is 6.10. The average molecular weight is 560 g/mol. The van der Waals surface area contributed by atoms with Crippen LogP contribution in [0.25, 0.3) is 0 Å². The highest BCUT2D eigenvalue weighted by atomic mass is 16.5. The number of nitrogens with zero attached hydrogens (tertiary/aromatic N) is 2. The van der Waals surface area contributed by atoms with Crippen LogP contribution in [0.3, 0.4) is 0 Å². The fourth-order valence-electron chi connectivity index (χ4n) is 4.28. The Morgan fingerprint density at radius 3 is 2.10 bits per heavy atom. The molecule has 0 atom stereocenters. The van der Waals surface area contributed by atoms with E-state index in [0.717, 1.165) is 16.9 Å². The van der Waals surface area contributed by atoms with E-state index in [9.17, 15) is 9.59 Å². The Morgan fingerprint density at radius 2 is 1.49 bits per heavy atom. The highest BCUT2D eigenvalue weighted by molar-refractivity contribution is 5.96. The predicted octanol–water partition coefficient (Wildman–Crippen LogP) is 4.52. The molecule has 10 heteroatoms. The molecule has 0 saturated heterocycles. The fraction of sp³-hybridized carbons (Fsp3) is 0.258. The first-order valence-corrected chi connectivity index (χ1v) is 13.0. The van der Waals surface area contributed by atoms with Crippen molar-refractivity contribution >= 4 is 11.8 Å². The summed E-state index contributed by atoms with van der Waals surface area (Å²) in [4.78, 5) is 28.1. The average Bonchev–Trinajstić information content (AvgIpc) is 3.49. The topological polar surface area (TPSA) is 112 Å². The monoisotopic (exact) mass is 559 g/mol. The molecule has 0 radical (unpaired) electrons. The van der Waals surface area contributed by atoms with Crippen LogP contribution in [0.5, 0.6) is 23.0 Å². The normalized spacial score (nSPS) is 10.5. The van der Waals surface area contributed by atoms with E-state index in [1.54, 1.807) is 30.2 Å². The highest BCUT2D eigenvalue weighted by Gasteiger charge is 2.24. The standard InChI is InChI=1S/C31H33N3O7/c1-37-24-12-10-21(11-13-24)14-15-32-30(35)26-18-25(41-33-26)20-34(19-22-8-6-5-7-9-22)31(36)23-16-27(38-2)29(40-4)28(17-23)39-3/h5-13,16-18H,14-15,19-20H2,1-4H3,(H,32,35). The summed E-state index contributed by atoms with van der Waals surface area (Å²) in [6.45, 7) is 0.796. The summed E-state index contributed by atoms with van der Waals surface area (Å²) in [6.07, 6.45) is 0.647. The number of ether oxygens (including phenoxy) is 4. The van der Waals surface area contributed by atoms with Crippen LogP contribution in [-0.2, 0) is 19.5 Å². The van der Waals surface area contributed by atoms with Crippen molar-refractivity contribution in [3.05, 3.63) is 101 Å². The third-order valence-electron chi connectivity index (χ3n) is 6.41.